The molecule has 1 aliphatic heterocycles. The lowest BCUT2D eigenvalue weighted by Gasteiger charge is -2.22. The van der Waals surface area contributed by atoms with Crippen molar-refractivity contribution in [2.75, 3.05) is 0 Å². The fourth-order valence-electron chi connectivity index (χ4n) is 5.36. The Hall–Kier alpha value is -3.69. The Bertz CT molecular complexity index is 1290. The molecule has 4 aliphatic rings. The molecule has 1 heterocycles. The van der Waals surface area contributed by atoms with Gasteiger partial charge in [-0.05, 0) is 53.5 Å². The van der Waals surface area contributed by atoms with Gasteiger partial charge in [0.1, 0.15) is 12.0 Å². The topological polar surface area (TPSA) is 37.3 Å². The summed E-state index contributed by atoms with van der Waals surface area (Å²) < 4.78 is 0. The van der Waals surface area contributed by atoms with Crippen LogP contribution in [0.4, 0.5) is 0 Å². The smallest absolute Gasteiger partial charge is 0.139 e. The first kappa shape index (κ1) is 22.8. The number of benzene rings is 2. The van der Waals surface area contributed by atoms with E-state index in [1.807, 2.05) is 0 Å². The maximum absolute atomic E-state index is 5.07. The van der Waals surface area contributed by atoms with Crippen LogP contribution >= 0.6 is 0 Å². The van der Waals surface area contributed by atoms with Crippen LogP contribution in [-0.2, 0) is 6.54 Å². The lowest BCUT2D eigenvalue weighted by molar-refractivity contribution is 0.647. The molecule has 3 nitrogen and oxygen atoms in total. The summed E-state index contributed by atoms with van der Waals surface area (Å²) in [6.07, 6.45) is 27.0. The molecule has 2 aromatic carbocycles. The fraction of sp³-hybridized carbons (Fsp3) is 0.242. The Kier molecular flexibility index (Phi) is 6.64. The number of hydrogen-bond donors (Lipinski definition) is 1. The minimum Gasteiger partial charge on any atom is -0.269 e. The van der Waals surface area contributed by atoms with E-state index in [4.69, 9.17) is 4.99 Å². The first-order valence-electron chi connectivity index (χ1n) is 13.2. The third kappa shape index (κ3) is 5.12. The van der Waals surface area contributed by atoms with Crippen LogP contribution in [0.5, 0.6) is 0 Å². The largest absolute Gasteiger partial charge is 0.269 e. The average Bonchev–Trinajstić information content (AvgIpc) is 3.76. The number of nitrogens with zero attached hydrogens (tertiary/aromatic N) is 2. The molecule has 0 radical (unpaired) electrons. The van der Waals surface area contributed by atoms with Crippen molar-refractivity contribution in [3.8, 4) is 0 Å². The first-order chi connectivity index (χ1) is 17.8. The summed E-state index contributed by atoms with van der Waals surface area (Å²) in [5.74, 6) is 1.86. The number of hydrogen-bond acceptors (Lipinski definition) is 2. The SMILES string of the molecule is C1=CCCC(C2=CC=CC(c3ccc(C4NN4/C(=N\Cc4ccccc4)C4C=CC=CC4)cc3)C2)=C1. The van der Waals surface area contributed by atoms with Gasteiger partial charge in [0.05, 0.1) is 6.54 Å². The summed E-state index contributed by atoms with van der Waals surface area (Å²) in [6.45, 7) is 0.699. The molecule has 0 aromatic heterocycles. The van der Waals surface area contributed by atoms with Crippen molar-refractivity contribution in [2.45, 2.75) is 44.3 Å². The fourth-order valence-corrected chi connectivity index (χ4v) is 5.36. The average molecular weight is 472 g/mol. The number of amidine groups is 1. The van der Waals surface area contributed by atoms with Crippen molar-refractivity contribution >= 4 is 5.84 Å². The van der Waals surface area contributed by atoms with Gasteiger partial charge in [0.15, 0.2) is 0 Å². The number of hydrazine groups is 1. The second-order valence-electron chi connectivity index (χ2n) is 9.93. The van der Waals surface area contributed by atoms with Gasteiger partial charge in [-0.25, -0.2) is 5.43 Å². The third-order valence-electron chi connectivity index (χ3n) is 7.46. The molecule has 1 fully saturated rings. The monoisotopic (exact) mass is 471 g/mol. The number of nitrogens with one attached hydrogen (secondary N) is 1. The maximum atomic E-state index is 5.07. The summed E-state index contributed by atoms with van der Waals surface area (Å²) >= 11 is 0. The van der Waals surface area contributed by atoms with E-state index in [9.17, 15) is 0 Å². The van der Waals surface area contributed by atoms with Gasteiger partial charge in [0.25, 0.3) is 0 Å². The number of allylic oxidation sites excluding steroid dienone is 11. The molecule has 0 amide bonds. The van der Waals surface area contributed by atoms with Crippen LogP contribution in [0.15, 0.2) is 131 Å². The van der Waals surface area contributed by atoms with Crippen molar-refractivity contribution in [1.29, 1.82) is 0 Å². The van der Waals surface area contributed by atoms with E-state index >= 15 is 0 Å². The zero-order valence-electron chi connectivity index (χ0n) is 20.6. The number of rotatable bonds is 6. The Labute approximate surface area is 214 Å². The zero-order valence-corrected chi connectivity index (χ0v) is 20.6. The first-order valence-corrected chi connectivity index (χ1v) is 13.2. The van der Waals surface area contributed by atoms with E-state index in [2.05, 4.69) is 126 Å². The van der Waals surface area contributed by atoms with Crippen LogP contribution < -0.4 is 5.43 Å². The molecule has 3 heteroatoms. The van der Waals surface area contributed by atoms with Crippen LogP contribution in [0.3, 0.4) is 0 Å². The molecule has 3 unspecified atom stereocenters. The van der Waals surface area contributed by atoms with E-state index in [0.29, 0.717) is 18.4 Å². The maximum Gasteiger partial charge on any atom is 0.139 e. The number of aliphatic imine (C=N–C) groups is 1. The molecular formula is C33H33N3. The van der Waals surface area contributed by atoms with Crippen molar-refractivity contribution in [3.63, 3.8) is 0 Å². The molecule has 3 aliphatic carbocycles. The lowest BCUT2D eigenvalue weighted by Crippen LogP contribution is -2.24. The van der Waals surface area contributed by atoms with E-state index in [-0.39, 0.29) is 6.17 Å². The Morgan fingerprint density at radius 1 is 0.833 bits per heavy atom. The van der Waals surface area contributed by atoms with Gasteiger partial charge in [-0.1, -0.05) is 115 Å². The summed E-state index contributed by atoms with van der Waals surface area (Å²) in [6, 6.07) is 19.7. The molecule has 2 aromatic rings. The molecule has 1 saturated heterocycles. The highest BCUT2D eigenvalue weighted by Gasteiger charge is 2.40. The zero-order chi connectivity index (χ0) is 24.2. The normalized spacial score (nSPS) is 25.1. The predicted octanol–water partition coefficient (Wildman–Crippen LogP) is 7.48. The van der Waals surface area contributed by atoms with Crippen LogP contribution in [-0.4, -0.2) is 10.8 Å². The van der Waals surface area contributed by atoms with Crippen LogP contribution in [0.1, 0.15) is 54.5 Å². The summed E-state index contributed by atoms with van der Waals surface area (Å²) in [5.41, 5.74) is 10.5. The highest BCUT2D eigenvalue weighted by Crippen LogP contribution is 2.37. The Balaban J connectivity index is 1.15. The van der Waals surface area contributed by atoms with Gasteiger partial charge in [0, 0.05) is 11.8 Å². The van der Waals surface area contributed by atoms with Crippen LogP contribution in [0, 0.1) is 5.92 Å². The summed E-state index contributed by atoms with van der Waals surface area (Å²) in [7, 11) is 0. The van der Waals surface area contributed by atoms with Crippen molar-refractivity contribution in [1.82, 2.24) is 10.4 Å². The Morgan fingerprint density at radius 2 is 1.67 bits per heavy atom. The molecule has 0 bridgehead atoms. The van der Waals surface area contributed by atoms with Gasteiger partial charge in [0.2, 0.25) is 0 Å². The van der Waals surface area contributed by atoms with Gasteiger partial charge in [-0.2, -0.15) is 0 Å². The van der Waals surface area contributed by atoms with Crippen molar-refractivity contribution in [2.24, 2.45) is 10.9 Å². The molecule has 0 spiro atoms. The summed E-state index contributed by atoms with van der Waals surface area (Å²) in [4.78, 5) is 5.07. The van der Waals surface area contributed by atoms with Gasteiger partial charge >= 0.3 is 0 Å². The standard InChI is InChI=1S/C33H33N3/c1-4-11-25(12-5-1)24-34-32(28-15-8-3-9-16-28)36-33(35-36)29-21-19-27(20-22-29)31-18-10-17-30(23-31)26-13-6-2-7-14-26/h1-6,8-13,15,17-22,28,31,33,35H,7,14,16,23-24H2/b34-32-. The van der Waals surface area contributed by atoms with Crippen molar-refractivity contribution < 1.29 is 0 Å². The highest BCUT2D eigenvalue weighted by molar-refractivity contribution is 5.88. The highest BCUT2D eigenvalue weighted by atomic mass is 15.8. The molecular weight excluding hydrogens is 438 g/mol. The molecule has 0 saturated carbocycles. The van der Waals surface area contributed by atoms with E-state index in [1.54, 1.807) is 0 Å². The quantitative estimate of drug-likeness (QED) is 0.269. The molecule has 6 rings (SSSR count). The third-order valence-corrected chi connectivity index (χ3v) is 7.46. The molecule has 1 N–H and O–H groups in total. The summed E-state index contributed by atoms with van der Waals surface area (Å²) in [5, 5.41) is 2.25. The predicted molar refractivity (Wildman–Crippen MR) is 149 cm³/mol. The molecule has 36 heavy (non-hydrogen) atoms. The van der Waals surface area contributed by atoms with E-state index in [1.165, 1.54) is 27.8 Å². The van der Waals surface area contributed by atoms with E-state index in [0.717, 1.165) is 31.5 Å². The Morgan fingerprint density at radius 3 is 2.44 bits per heavy atom. The van der Waals surface area contributed by atoms with Crippen LogP contribution in [0.25, 0.3) is 0 Å². The lowest BCUT2D eigenvalue weighted by atomic mass is 9.83. The van der Waals surface area contributed by atoms with Gasteiger partial charge < -0.3 is 0 Å². The minimum atomic E-state index is 0.185. The van der Waals surface area contributed by atoms with Crippen molar-refractivity contribution in [3.05, 3.63) is 143 Å². The molecule has 3 atom stereocenters. The van der Waals surface area contributed by atoms with Gasteiger partial charge in [-0.15, -0.1) is 0 Å². The second-order valence-corrected chi connectivity index (χ2v) is 9.93. The second kappa shape index (κ2) is 10.5. The molecule has 180 valence electrons. The van der Waals surface area contributed by atoms with Gasteiger partial charge in [-0.3, -0.25) is 10.0 Å². The van der Waals surface area contributed by atoms with Crippen LogP contribution in [0.2, 0.25) is 0 Å². The van der Waals surface area contributed by atoms with E-state index < -0.39 is 0 Å². The minimum absolute atomic E-state index is 0.185.